The summed E-state index contributed by atoms with van der Waals surface area (Å²) in [6.07, 6.45) is 4.70. The number of Topliss-reactive ketones (excluding diaryl/α,β-unsaturated/α-hetero) is 1. The van der Waals surface area contributed by atoms with Gasteiger partial charge in [-0.15, -0.1) is 0 Å². The molecule has 370 valence electrons. The Kier molecular flexibility index (Phi) is 16.0. The molecule has 0 bridgehead atoms. The topological polar surface area (TPSA) is 262 Å². The van der Waals surface area contributed by atoms with Crippen molar-refractivity contribution in [2.75, 3.05) is 49.4 Å². The first kappa shape index (κ1) is 51.8. The van der Waals surface area contributed by atoms with Gasteiger partial charge in [-0.3, -0.25) is 28.8 Å². The molecule has 5 aromatic carbocycles. The van der Waals surface area contributed by atoms with Gasteiger partial charge in [-0.1, -0.05) is 84.3 Å². The fraction of sp³-hybridized carbons (Fsp3) is 0.269. The Labute approximate surface area is 413 Å². The Morgan fingerprint density at radius 3 is 2.17 bits per heavy atom. The summed E-state index contributed by atoms with van der Waals surface area (Å²) in [6, 6.07) is 25.4. The zero-order valence-corrected chi connectivity index (χ0v) is 41.4. The van der Waals surface area contributed by atoms with E-state index in [0.717, 1.165) is 48.4 Å². The second kappa shape index (κ2) is 22.0. The van der Waals surface area contributed by atoms with E-state index in [1.54, 1.807) is 74.4 Å². The molecule has 1 fully saturated rings. The zero-order chi connectivity index (χ0) is 51.2. The lowest BCUT2D eigenvalue weighted by Gasteiger charge is -2.30. The highest BCUT2D eigenvalue weighted by atomic mass is 32.2. The molecule has 71 heavy (non-hydrogen) atoms. The third-order valence-corrected chi connectivity index (χ3v) is 14.3. The molecule has 5 aromatic rings. The summed E-state index contributed by atoms with van der Waals surface area (Å²) in [5, 5.41) is 9.10. The van der Waals surface area contributed by atoms with Gasteiger partial charge in [0.15, 0.2) is 17.9 Å². The highest BCUT2D eigenvalue weighted by molar-refractivity contribution is 7.86. The lowest BCUT2D eigenvalue weighted by molar-refractivity contribution is -0.104. The van der Waals surface area contributed by atoms with Gasteiger partial charge < -0.3 is 21.3 Å². The van der Waals surface area contributed by atoms with Crippen LogP contribution < -0.4 is 26.6 Å². The summed E-state index contributed by atoms with van der Waals surface area (Å²) in [5.41, 5.74) is 8.66. The van der Waals surface area contributed by atoms with Crippen molar-refractivity contribution in [2.45, 2.75) is 55.7 Å². The number of anilines is 4. The SMILES string of the molecule is C=N/C(Cc1ccc(C)cc1)=N\C(=N/CNCC1CCCC(CN)C1)Nc1cc(Nc2ccc(N(C)C)c3c2C(=O)c2ccccc2/C3=C(/C=O)C(=O)c2cccc(C)c2)c(S(=O)(=O)O)cc1S(=O)(=O)O. The average Bonchev–Trinajstić information content (AvgIpc) is 3.33. The summed E-state index contributed by atoms with van der Waals surface area (Å²) in [6.45, 7) is 8.62. The molecule has 0 saturated heterocycles. The van der Waals surface area contributed by atoms with Crippen molar-refractivity contribution in [1.82, 2.24) is 5.32 Å². The Bertz CT molecular complexity index is 3240. The van der Waals surface area contributed by atoms with E-state index in [4.69, 9.17) is 5.73 Å². The van der Waals surface area contributed by atoms with Gasteiger partial charge in [-0.2, -0.15) is 21.8 Å². The highest BCUT2D eigenvalue weighted by Gasteiger charge is 2.36. The van der Waals surface area contributed by atoms with Crippen molar-refractivity contribution in [1.29, 1.82) is 0 Å². The van der Waals surface area contributed by atoms with E-state index in [2.05, 4.69) is 37.6 Å². The number of nitrogens with two attached hydrogens (primary N) is 1. The van der Waals surface area contributed by atoms with E-state index in [-0.39, 0.29) is 64.0 Å². The minimum Gasteiger partial charge on any atom is -0.377 e. The van der Waals surface area contributed by atoms with Gasteiger partial charge in [0.05, 0.1) is 34.9 Å². The van der Waals surface area contributed by atoms with Crippen molar-refractivity contribution in [3.8, 4) is 0 Å². The molecule has 7 rings (SSSR count). The third-order valence-electron chi connectivity index (χ3n) is 12.5. The second-order valence-corrected chi connectivity index (χ2v) is 20.7. The second-order valence-electron chi connectivity index (χ2n) is 17.9. The molecule has 19 heteroatoms. The molecule has 2 aliphatic rings. The van der Waals surface area contributed by atoms with Gasteiger partial charge in [0.1, 0.15) is 15.6 Å². The van der Waals surface area contributed by atoms with Crippen LogP contribution in [0, 0.1) is 25.7 Å². The third kappa shape index (κ3) is 12.0. The predicted molar refractivity (Wildman–Crippen MR) is 278 cm³/mol. The van der Waals surface area contributed by atoms with Crippen LogP contribution in [-0.4, -0.2) is 96.2 Å². The van der Waals surface area contributed by atoms with Crippen LogP contribution in [0.5, 0.6) is 0 Å². The standard InChI is InChI=1S/C52H56N8O9S2/c1-31-16-18-33(19-17-31)24-46(54-3)59-52(56-30-55-28-35-12-9-11-34(23-35)27-53)58-42-25-41(44(70(64,65)66)26-45(42)71(67,68)69)57-40-20-21-43(60(4)5)49-47(37-14-6-7-15-38(37)51(63)48(40)49)39(29-61)50(62)36-13-8-10-32(2)22-36/h6-8,10,13-22,25-26,29,34-35,55,57H,3,9,11-12,23-24,27-28,30,53H2,1-2,4-5H3,(H,56,58)(H,64,65,66)(H,67,68,69)/b47-39+,59-46-. The van der Waals surface area contributed by atoms with Crippen LogP contribution in [0.15, 0.2) is 127 Å². The Morgan fingerprint density at radius 1 is 0.831 bits per heavy atom. The maximum atomic E-state index is 14.8. The van der Waals surface area contributed by atoms with Gasteiger partial charge in [-0.25, -0.2) is 9.98 Å². The molecule has 0 aromatic heterocycles. The number of fused-ring (bicyclic) bond motifs is 2. The molecule has 0 spiro atoms. The van der Waals surface area contributed by atoms with Crippen LogP contribution in [0.4, 0.5) is 22.7 Å². The van der Waals surface area contributed by atoms with Crippen molar-refractivity contribution in [3.05, 3.63) is 147 Å². The number of allylic oxidation sites excluding steroid dienone is 1. The monoisotopic (exact) mass is 1000 g/mol. The average molecular weight is 1000 g/mol. The first-order chi connectivity index (χ1) is 33.8. The summed E-state index contributed by atoms with van der Waals surface area (Å²) < 4.78 is 74.1. The first-order valence-corrected chi connectivity index (χ1v) is 25.7. The maximum Gasteiger partial charge on any atom is 0.296 e. The van der Waals surface area contributed by atoms with Crippen molar-refractivity contribution in [3.63, 3.8) is 0 Å². The number of aryl methyl sites for hydroxylation is 2. The quantitative estimate of drug-likeness (QED) is 0.00633. The molecule has 2 atom stereocenters. The number of carbonyl (C=O) groups excluding carboxylic acids is 3. The van der Waals surface area contributed by atoms with E-state index in [1.807, 2.05) is 31.2 Å². The van der Waals surface area contributed by atoms with E-state index in [1.165, 1.54) is 12.1 Å². The lowest BCUT2D eigenvalue weighted by atomic mass is 9.76. The molecule has 7 N–H and O–H groups in total. The summed E-state index contributed by atoms with van der Waals surface area (Å²) in [5.74, 6) is -0.455. The minimum absolute atomic E-state index is 0.0149. The number of hydrogen-bond donors (Lipinski definition) is 6. The van der Waals surface area contributed by atoms with Gasteiger partial charge in [0.25, 0.3) is 20.2 Å². The number of nitrogens with zero attached hydrogens (tertiary/aromatic N) is 4. The smallest absolute Gasteiger partial charge is 0.296 e. The fourth-order valence-corrected chi connectivity index (χ4v) is 10.5. The van der Waals surface area contributed by atoms with Crippen LogP contribution >= 0.6 is 0 Å². The van der Waals surface area contributed by atoms with Crippen LogP contribution in [0.1, 0.15) is 79.8 Å². The minimum atomic E-state index is -5.31. The number of carbonyl (C=O) groups is 3. The molecule has 0 aliphatic heterocycles. The molecule has 2 aliphatic carbocycles. The molecular formula is C52H56N8O9S2. The number of guanidine groups is 1. The Balaban J connectivity index is 1.39. The Morgan fingerprint density at radius 2 is 1.52 bits per heavy atom. The van der Waals surface area contributed by atoms with Crippen LogP contribution in [0.3, 0.4) is 0 Å². The number of benzene rings is 5. The molecule has 0 heterocycles. The van der Waals surface area contributed by atoms with Crippen LogP contribution in [0.25, 0.3) is 5.57 Å². The van der Waals surface area contributed by atoms with E-state index in [0.29, 0.717) is 48.5 Å². The first-order valence-electron chi connectivity index (χ1n) is 22.8. The van der Waals surface area contributed by atoms with Gasteiger partial charge in [0, 0.05) is 48.5 Å². The lowest BCUT2D eigenvalue weighted by Crippen LogP contribution is -2.30. The molecular weight excluding hydrogens is 945 g/mol. The van der Waals surface area contributed by atoms with Crippen LogP contribution in [0.2, 0.25) is 0 Å². The molecule has 0 amide bonds. The molecule has 17 nitrogen and oxygen atoms in total. The maximum absolute atomic E-state index is 14.8. The van der Waals surface area contributed by atoms with Gasteiger partial charge in [-0.05, 0) is 106 Å². The van der Waals surface area contributed by atoms with E-state index >= 15 is 0 Å². The molecule has 2 unspecified atom stereocenters. The van der Waals surface area contributed by atoms with E-state index < -0.39 is 53.0 Å². The normalized spacial score (nSPS) is 16.9. The number of ketones is 2. The van der Waals surface area contributed by atoms with E-state index in [9.17, 15) is 40.3 Å². The number of nitrogens with one attached hydrogen (secondary N) is 3. The van der Waals surface area contributed by atoms with Crippen molar-refractivity contribution < 1.29 is 40.3 Å². The molecule has 0 radical (unpaired) electrons. The molecule has 1 saturated carbocycles. The summed E-state index contributed by atoms with van der Waals surface area (Å²) in [4.78, 5) is 55.4. The fourth-order valence-electron chi connectivity index (χ4n) is 9.07. The van der Waals surface area contributed by atoms with Crippen molar-refractivity contribution in [2.24, 2.45) is 32.5 Å². The summed E-state index contributed by atoms with van der Waals surface area (Å²) >= 11 is 0. The van der Waals surface area contributed by atoms with Gasteiger partial charge in [0.2, 0.25) is 5.96 Å². The van der Waals surface area contributed by atoms with Crippen molar-refractivity contribution >= 4 is 84.9 Å². The number of hydrogen-bond acceptors (Lipinski definition) is 12. The Hall–Kier alpha value is -7.00. The predicted octanol–water partition coefficient (Wildman–Crippen LogP) is 7.46. The zero-order valence-electron chi connectivity index (χ0n) is 39.8. The number of aldehydes is 1. The summed E-state index contributed by atoms with van der Waals surface area (Å²) in [7, 11) is -7.18. The number of aliphatic imine (C=N–C) groups is 3. The number of rotatable bonds is 16. The number of amidine groups is 1. The van der Waals surface area contributed by atoms with Gasteiger partial charge >= 0.3 is 0 Å². The largest absolute Gasteiger partial charge is 0.377 e. The van der Waals surface area contributed by atoms with Crippen LogP contribution in [-0.2, 0) is 31.5 Å². The highest BCUT2D eigenvalue weighted by Crippen LogP contribution is 2.47.